The summed E-state index contributed by atoms with van der Waals surface area (Å²) in [5, 5.41) is 14.6. The van der Waals surface area contributed by atoms with Gasteiger partial charge in [-0.05, 0) is 26.0 Å². The molecule has 1 aliphatic carbocycles. The Morgan fingerprint density at radius 2 is 2.18 bits per heavy atom. The minimum atomic E-state index is -0.815. The van der Waals surface area contributed by atoms with Gasteiger partial charge in [-0.2, -0.15) is 11.8 Å². The second-order valence-electron chi connectivity index (χ2n) is 4.46. The van der Waals surface area contributed by atoms with Gasteiger partial charge >= 0.3 is 12.0 Å². The zero-order valence-corrected chi connectivity index (χ0v) is 11.0. The lowest BCUT2D eigenvalue weighted by molar-refractivity contribution is -0.142. The van der Waals surface area contributed by atoms with Crippen molar-refractivity contribution in [1.29, 1.82) is 0 Å². The highest BCUT2D eigenvalue weighted by molar-refractivity contribution is 7.98. The van der Waals surface area contributed by atoms with Crippen molar-refractivity contribution in [1.82, 2.24) is 10.6 Å². The first-order valence-electron chi connectivity index (χ1n) is 5.83. The molecule has 0 radical (unpaired) electrons. The second-order valence-corrected chi connectivity index (χ2v) is 5.37. The Morgan fingerprint density at radius 3 is 2.76 bits per heavy atom. The van der Waals surface area contributed by atoms with E-state index in [1.54, 1.807) is 11.8 Å². The number of urea groups is 1. The number of nitrogens with one attached hydrogen (secondary N) is 2. The standard InChI is InChI=1S/C11H20N2O3S/c1-7(6-17-2)12-11(16)13-9-5-3-4-8(9)10(14)15/h7-9H,3-6H2,1-2H3,(H,14,15)(H2,12,13,16). The van der Waals surface area contributed by atoms with Crippen molar-refractivity contribution in [2.24, 2.45) is 5.92 Å². The summed E-state index contributed by atoms with van der Waals surface area (Å²) in [6.45, 7) is 1.93. The van der Waals surface area contributed by atoms with E-state index in [4.69, 9.17) is 5.11 Å². The number of carbonyl (C=O) groups excluding carboxylic acids is 1. The van der Waals surface area contributed by atoms with E-state index in [9.17, 15) is 9.59 Å². The number of thioether (sulfide) groups is 1. The van der Waals surface area contributed by atoms with E-state index < -0.39 is 11.9 Å². The summed E-state index contributed by atoms with van der Waals surface area (Å²) in [7, 11) is 0. The fourth-order valence-corrected chi connectivity index (χ4v) is 2.74. The van der Waals surface area contributed by atoms with Gasteiger partial charge in [0.1, 0.15) is 0 Å². The summed E-state index contributed by atoms with van der Waals surface area (Å²) in [5.74, 6) is -0.401. The quantitative estimate of drug-likeness (QED) is 0.696. The van der Waals surface area contributed by atoms with Crippen LogP contribution in [0, 0.1) is 5.92 Å². The molecule has 0 bridgehead atoms. The van der Waals surface area contributed by atoms with E-state index in [-0.39, 0.29) is 18.1 Å². The maximum Gasteiger partial charge on any atom is 0.315 e. The van der Waals surface area contributed by atoms with E-state index in [2.05, 4.69) is 10.6 Å². The Kier molecular flexibility index (Phi) is 5.61. The summed E-state index contributed by atoms with van der Waals surface area (Å²) < 4.78 is 0. The number of rotatable bonds is 5. The van der Waals surface area contributed by atoms with Crippen molar-refractivity contribution in [3.05, 3.63) is 0 Å². The average Bonchev–Trinajstić information content (AvgIpc) is 2.65. The van der Waals surface area contributed by atoms with E-state index in [0.29, 0.717) is 6.42 Å². The third kappa shape index (κ3) is 4.46. The molecule has 1 aliphatic rings. The maximum atomic E-state index is 11.6. The number of hydrogen-bond donors (Lipinski definition) is 3. The van der Waals surface area contributed by atoms with E-state index in [1.807, 2.05) is 13.2 Å². The van der Waals surface area contributed by atoms with Crippen LogP contribution in [0.2, 0.25) is 0 Å². The fourth-order valence-electron chi connectivity index (χ4n) is 2.15. The molecule has 5 nitrogen and oxygen atoms in total. The molecule has 0 aromatic carbocycles. The predicted molar refractivity (Wildman–Crippen MR) is 68.3 cm³/mol. The SMILES string of the molecule is CSCC(C)NC(=O)NC1CCCC1C(=O)O. The molecule has 0 saturated heterocycles. The summed E-state index contributed by atoms with van der Waals surface area (Å²) >= 11 is 1.66. The van der Waals surface area contributed by atoms with Crippen LogP contribution in [0.25, 0.3) is 0 Å². The fraction of sp³-hybridized carbons (Fsp3) is 0.818. The van der Waals surface area contributed by atoms with Crippen LogP contribution in [0.1, 0.15) is 26.2 Å². The highest BCUT2D eigenvalue weighted by Crippen LogP contribution is 2.25. The first-order valence-corrected chi connectivity index (χ1v) is 7.22. The van der Waals surface area contributed by atoms with E-state index in [0.717, 1.165) is 18.6 Å². The van der Waals surface area contributed by atoms with Gasteiger partial charge in [-0.15, -0.1) is 0 Å². The normalized spacial score (nSPS) is 25.3. The van der Waals surface area contributed by atoms with Crippen molar-refractivity contribution in [2.75, 3.05) is 12.0 Å². The van der Waals surface area contributed by atoms with Crippen LogP contribution < -0.4 is 10.6 Å². The topological polar surface area (TPSA) is 78.4 Å². The zero-order chi connectivity index (χ0) is 12.8. The van der Waals surface area contributed by atoms with Gasteiger partial charge in [0.05, 0.1) is 5.92 Å². The molecule has 17 heavy (non-hydrogen) atoms. The van der Waals surface area contributed by atoms with Gasteiger partial charge in [0.15, 0.2) is 0 Å². The Balaban J connectivity index is 2.37. The van der Waals surface area contributed by atoms with Crippen LogP contribution in [0.15, 0.2) is 0 Å². The van der Waals surface area contributed by atoms with Crippen LogP contribution in [-0.2, 0) is 4.79 Å². The molecule has 0 aromatic heterocycles. The molecular weight excluding hydrogens is 240 g/mol. The van der Waals surface area contributed by atoms with Gasteiger partial charge in [0, 0.05) is 17.8 Å². The summed E-state index contributed by atoms with van der Waals surface area (Å²) in [5.41, 5.74) is 0. The molecule has 3 N–H and O–H groups in total. The first kappa shape index (κ1) is 14.2. The smallest absolute Gasteiger partial charge is 0.315 e. The van der Waals surface area contributed by atoms with Crippen molar-refractivity contribution < 1.29 is 14.7 Å². The molecule has 0 aliphatic heterocycles. The van der Waals surface area contributed by atoms with Crippen molar-refractivity contribution in [3.8, 4) is 0 Å². The molecule has 2 amide bonds. The number of aliphatic carboxylic acids is 1. The number of hydrogen-bond acceptors (Lipinski definition) is 3. The highest BCUT2D eigenvalue weighted by Gasteiger charge is 2.33. The van der Waals surface area contributed by atoms with Crippen molar-refractivity contribution in [3.63, 3.8) is 0 Å². The van der Waals surface area contributed by atoms with Crippen molar-refractivity contribution in [2.45, 2.75) is 38.3 Å². The second kappa shape index (κ2) is 6.74. The molecule has 98 valence electrons. The van der Waals surface area contributed by atoms with Crippen LogP contribution in [-0.4, -0.2) is 41.2 Å². The lowest BCUT2D eigenvalue weighted by Gasteiger charge is -2.20. The Morgan fingerprint density at radius 1 is 1.47 bits per heavy atom. The van der Waals surface area contributed by atoms with Gasteiger partial charge in [0.2, 0.25) is 0 Å². The molecule has 1 rings (SSSR count). The molecule has 0 heterocycles. The third-order valence-electron chi connectivity index (χ3n) is 2.94. The lowest BCUT2D eigenvalue weighted by Crippen LogP contribution is -2.48. The van der Waals surface area contributed by atoms with Gasteiger partial charge in [-0.3, -0.25) is 4.79 Å². The van der Waals surface area contributed by atoms with Crippen LogP contribution in [0.3, 0.4) is 0 Å². The van der Waals surface area contributed by atoms with E-state index in [1.165, 1.54) is 0 Å². The average molecular weight is 260 g/mol. The highest BCUT2D eigenvalue weighted by atomic mass is 32.2. The molecule has 3 atom stereocenters. The maximum absolute atomic E-state index is 11.6. The molecule has 0 aromatic rings. The Hall–Kier alpha value is -0.910. The number of carboxylic acid groups (broad SMARTS) is 1. The number of carboxylic acids is 1. The molecule has 0 spiro atoms. The van der Waals surface area contributed by atoms with Gasteiger partial charge in [-0.1, -0.05) is 6.42 Å². The van der Waals surface area contributed by atoms with Crippen LogP contribution in [0.4, 0.5) is 4.79 Å². The predicted octanol–water partition coefficient (Wildman–Crippen LogP) is 1.29. The Labute approximate surface area is 106 Å². The summed E-state index contributed by atoms with van der Waals surface area (Å²) in [6.07, 6.45) is 4.25. The van der Waals surface area contributed by atoms with Gasteiger partial charge in [0.25, 0.3) is 0 Å². The number of carbonyl (C=O) groups is 2. The molecular formula is C11H20N2O3S. The molecule has 6 heteroatoms. The summed E-state index contributed by atoms with van der Waals surface area (Å²) in [4.78, 5) is 22.6. The zero-order valence-electron chi connectivity index (χ0n) is 10.2. The van der Waals surface area contributed by atoms with Gasteiger partial charge < -0.3 is 15.7 Å². The minimum Gasteiger partial charge on any atom is -0.481 e. The first-order chi connectivity index (χ1) is 8.04. The molecule has 1 saturated carbocycles. The van der Waals surface area contributed by atoms with Crippen LogP contribution in [0.5, 0.6) is 0 Å². The van der Waals surface area contributed by atoms with Crippen molar-refractivity contribution >= 4 is 23.8 Å². The van der Waals surface area contributed by atoms with E-state index >= 15 is 0 Å². The molecule has 3 unspecified atom stereocenters. The Bertz CT molecular complexity index is 286. The minimum absolute atomic E-state index is 0.0923. The third-order valence-corrected chi connectivity index (χ3v) is 3.78. The summed E-state index contributed by atoms with van der Waals surface area (Å²) in [6, 6.07) is -0.395. The van der Waals surface area contributed by atoms with Gasteiger partial charge in [-0.25, -0.2) is 4.79 Å². The molecule has 1 fully saturated rings. The van der Waals surface area contributed by atoms with Crippen LogP contribution >= 0.6 is 11.8 Å². The number of amides is 2. The largest absolute Gasteiger partial charge is 0.481 e. The monoisotopic (exact) mass is 260 g/mol. The lowest BCUT2D eigenvalue weighted by atomic mass is 10.0.